The van der Waals surface area contributed by atoms with Gasteiger partial charge in [0.15, 0.2) is 0 Å². The Balaban J connectivity index is 1.94. The third-order valence-electron chi connectivity index (χ3n) is 3.40. The van der Waals surface area contributed by atoms with E-state index in [9.17, 15) is 5.11 Å². The minimum atomic E-state index is -0.489. The summed E-state index contributed by atoms with van der Waals surface area (Å²) in [6, 6.07) is 10.2. The summed E-state index contributed by atoms with van der Waals surface area (Å²) < 4.78 is 3.37. The van der Waals surface area contributed by atoms with E-state index in [1.807, 2.05) is 29.6 Å². The van der Waals surface area contributed by atoms with E-state index in [0.717, 1.165) is 29.0 Å². The number of nitrogens with zero attached hydrogens (tertiary/aromatic N) is 2. The van der Waals surface area contributed by atoms with Crippen LogP contribution in [0.1, 0.15) is 24.4 Å². The molecule has 0 saturated carbocycles. The molecule has 0 amide bonds. The van der Waals surface area contributed by atoms with Crippen molar-refractivity contribution in [1.29, 1.82) is 0 Å². The van der Waals surface area contributed by atoms with E-state index in [-0.39, 0.29) is 0 Å². The number of halogens is 1. The maximum atomic E-state index is 10.4. The molecule has 1 N–H and O–H groups in total. The highest BCUT2D eigenvalue weighted by atomic mass is 127. The number of aromatic nitrogens is 2. The highest BCUT2D eigenvalue weighted by Gasteiger charge is 2.16. The van der Waals surface area contributed by atoms with Gasteiger partial charge in [-0.05, 0) is 58.7 Å². The molecule has 3 nitrogen and oxygen atoms in total. The van der Waals surface area contributed by atoms with Gasteiger partial charge in [-0.25, -0.2) is 4.98 Å². The lowest BCUT2D eigenvalue weighted by Gasteiger charge is -2.10. The third-order valence-corrected chi connectivity index (χ3v) is 5.21. The number of imidazole rings is 1. The predicted molar refractivity (Wildman–Crippen MR) is 91.1 cm³/mol. The van der Waals surface area contributed by atoms with E-state index < -0.39 is 6.10 Å². The zero-order valence-electron chi connectivity index (χ0n) is 11.1. The summed E-state index contributed by atoms with van der Waals surface area (Å²) in [6.07, 6.45) is 0.0619. The second kappa shape index (κ2) is 5.83. The molecule has 0 aliphatic heterocycles. The van der Waals surface area contributed by atoms with E-state index in [1.54, 1.807) is 11.3 Å². The fourth-order valence-corrected chi connectivity index (χ4v) is 3.84. The van der Waals surface area contributed by atoms with Gasteiger partial charge in [-0.3, -0.25) is 0 Å². The highest BCUT2D eigenvalue weighted by molar-refractivity contribution is 14.1. The smallest absolute Gasteiger partial charge is 0.112 e. The second-order valence-electron chi connectivity index (χ2n) is 4.67. The van der Waals surface area contributed by atoms with E-state index >= 15 is 0 Å². The van der Waals surface area contributed by atoms with E-state index in [4.69, 9.17) is 0 Å². The predicted octanol–water partition coefficient (Wildman–Crippen LogP) is 4.00. The van der Waals surface area contributed by atoms with Crippen molar-refractivity contribution in [1.82, 2.24) is 9.55 Å². The standard InChI is InChI=1S/C15H15IN2OS/c1-2-18-12-6-4-3-5-11(12)17-15(18)8-13(19)10-7-14(16)20-9-10/h3-7,9,13,19H,2,8H2,1H3. The molecule has 5 heteroatoms. The number of aliphatic hydroxyl groups is 1. The van der Waals surface area contributed by atoms with Crippen LogP contribution < -0.4 is 0 Å². The van der Waals surface area contributed by atoms with Gasteiger partial charge < -0.3 is 9.67 Å². The molecule has 0 radical (unpaired) electrons. The molecular formula is C15H15IN2OS. The van der Waals surface area contributed by atoms with Gasteiger partial charge in [-0.1, -0.05) is 12.1 Å². The lowest BCUT2D eigenvalue weighted by Crippen LogP contribution is -2.08. The quantitative estimate of drug-likeness (QED) is 0.675. The molecule has 20 heavy (non-hydrogen) atoms. The molecule has 1 unspecified atom stereocenters. The molecule has 3 aromatic rings. The largest absolute Gasteiger partial charge is 0.388 e. The fraction of sp³-hybridized carbons (Fsp3) is 0.267. The van der Waals surface area contributed by atoms with Gasteiger partial charge in [0.25, 0.3) is 0 Å². The maximum Gasteiger partial charge on any atom is 0.112 e. The first-order valence-electron chi connectivity index (χ1n) is 6.55. The molecule has 2 aromatic heterocycles. The van der Waals surface area contributed by atoms with Crippen LogP contribution in [-0.2, 0) is 13.0 Å². The normalized spacial score (nSPS) is 12.9. The van der Waals surface area contributed by atoms with Crippen LogP contribution in [0.2, 0.25) is 0 Å². The molecule has 1 atom stereocenters. The summed E-state index contributed by atoms with van der Waals surface area (Å²) in [5.74, 6) is 0.947. The number of aliphatic hydroxyl groups excluding tert-OH is 1. The zero-order chi connectivity index (χ0) is 14.1. The number of hydrogen-bond acceptors (Lipinski definition) is 3. The van der Waals surface area contributed by atoms with Gasteiger partial charge in [-0.2, -0.15) is 0 Å². The average molecular weight is 398 g/mol. The number of rotatable bonds is 4. The van der Waals surface area contributed by atoms with Crippen LogP contribution in [0.5, 0.6) is 0 Å². The lowest BCUT2D eigenvalue weighted by molar-refractivity contribution is 0.175. The molecule has 0 fully saturated rings. The first-order valence-corrected chi connectivity index (χ1v) is 8.51. The first-order chi connectivity index (χ1) is 9.69. The molecule has 0 spiro atoms. The van der Waals surface area contributed by atoms with Crippen LogP contribution >= 0.6 is 33.9 Å². The molecule has 0 aliphatic rings. The number of benzene rings is 1. The van der Waals surface area contributed by atoms with Gasteiger partial charge in [0, 0.05) is 13.0 Å². The molecular weight excluding hydrogens is 383 g/mol. The maximum absolute atomic E-state index is 10.4. The number of hydrogen-bond donors (Lipinski definition) is 1. The minimum absolute atomic E-state index is 0.489. The summed E-state index contributed by atoms with van der Waals surface area (Å²) in [7, 11) is 0. The molecule has 104 valence electrons. The van der Waals surface area contributed by atoms with Gasteiger partial charge in [0.05, 0.1) is 20.0 Å². The summed E-state index contributed by atoms with van der Waals surface area (Å²) in [6.45, 7) is 2.97. The Kier molecular flexibility index (Phi) is 4.09. The van der Waals surface area contributed by atoms with Crippen molar-refractivity contribution in [2.45, 2.75) is 26.0 Å². The Hall–Kier alpha value is -0.920. The topological polar surface area (TPSA) is 38.0 Å². The van der Waals surface area contributed by atoms with E-state index in [0.29, 0.717) is 6.42 Å². The van der Waals surface area contributed by atoms with Crippen molar-refractivity contribution in [3.63, 3.8) is 0 Å². The Bertz CT molecular complexity index is 734. The van der Waals surface area contributed by atoms with Crippen LogP contribution in [-0.4, -0.2) is 14.7 Å². The Morgan fingerprint density at radius 3 is 2.90 bits per heavy atom. The monoisotopic (exact) mass is 398 g/mol. The van der Waals surface area contributed by atoms with E-state index in [2.05, 4.69) is 45.1 Å². The number of thiophene rings is 1. The SMILES string of the molecule is CCn1c(CC(O)c2csc(I)c2)nc2ccccc21. The van der Waals surface area contributed by atoms with Crippen molar-refractivity contribution >= 4 is 45.0 Å². The molecule has 0 bridgehead atoms. The van der Waals surface area contributed by atoms with Crippen molar-refractivity contribution in [2.24, 2.45) is 0 Å². The molecule has 1 aromatic carbocycles. The molecule has 0 saturated heterocycles. The Morgan fingerprint density at radius 2 is 2.20 bits per heavy atom. The summed E-state index contributed by atoms with van der Waals surface area (Å²) >= 11 is 3.93. The number of aryl methyl sites for hydroxylation is 1. The van der Waals surface area contributed by atoms with Crippen LogP contribution in [0.4, 0.5) is 0 Å². The van der Waals surface area contributed by atoms with Crippen LogP contribution in [0.3, 0.4) is 0 Å². The lowest BCUT2D eigenvalue weighted by atomic mass is 10.1. The first kappa shape index (κ1) is 14.0. The summed E-state index contributed by atoms with van der Waals surface area (Å²) in [4.78, 5) is 4.66. The van der Waals surface area contributed by atoms with Gasteiger partial charge in [0.2, 0.25) is 0 Å². The number of para-hydroxylation sites is 2. The van der Waals surface area contributed by atoms with Crippen LogP contribution in [0.15, 0.2) is 35.7 Å². The minimum Gasteiger partial charge on any atom is -0.388 e. The van der Waals surface area contributed by atoms with Gasteiger partial charge in [0.1, 0.15) is 5.82 Å². The Morgan fingerprint density at radius 1 is 1.40 bits per heavy atom. The molecule has 3 rings (SSSR count). The number of fused-ring (bicyclic) bond motifs is 1. The fourth-order valence-electron chi connectivity index (χ4n) is 2.42. The summed E-state index contributed by atoms with van der Waals surface area (Å²) in [5.41, 5.74) is 3.11. The second-order valence-corrected chi connectivity index (χ2v) is 7.47. The van der Waals surface area contributed by atoms with Crippen molar-refractivity contribution < 1.29 is 5.11 Å². The van der Waals surface area contributed by atoms with E-state index in [1.165, 1.54) is 2.88 Å². The van der Waals surface area contributed by atoms with Crippen molar-refractivity contribution in [3.8, 4) is 0 Å². The average Bonchev–Trinajstić information content (AvgIpc) is 3.01. The molecule has 2 heterocycles. The highest BCUT2D eigenvalue weighted by Crippen LogP contribution is 2.26. The zero-order valence-corrected chi connectivity index (χ0v) is 14.1. The van der Waals surface area contributed by atoms with Crippen LogP contribution in [0, 0.1) is 2.88 Å². The van der Waals surface area contributed by atoms with Crippen molar-refractivity contribution in [2.75, 3.05) is 0 Å². The van der Waals surface area contributed by atoms with Crippen LogP contribution in [0.25, 0.3) is 11.0 Å². The van der Waals surface area contributed by atoms with Crippen molar-refractivity contribution in [3.05, 3.63) is 50.0 Å². The van der Waals surface area contributed by atoms with Gasteiger partial charge >= 0.3 is 0 Å². The molecule has 0 aliphatic carbocycles. The Labute approximate surface area is 135 Å². The van der Waals surface area contributed by atoms with Gasteiger partial charge in [-0.15, -0.1) is 11.3 Å². The summed E-state index contributed by atoms with van der Waals surface area (Å²) in [5, 5.41) is 12.4. The third kappa shape index (κ3) is 2.62.